The van der Waals surface area contributed by atoms with Gasteiger partial charge in [0, 0.05) is 0 Å². The predicted octanol–water partition coefficient (Wildman–Crippen LogP) is 3.79. The summed E-state index contributed by atoms with van der Waals surface area (Å²) < 4.78 is 7.07. The van der Waals surface area contributed by atoms with E-state index in [9.17, 15) is 0 Å². The summed E-state index contributed by atoms with van der Waals surface area (Å²) in [6.45, 7) is 5.85. The van der Waals surface area contributed by atoms with Crippen molar-refractivity contribution in [3.8, 4) is 5.75 Å². The van der Waals surface area contributed by atoms with Crippen LogP contribution in [-0.4, -0.2) is 11.1 Å². The molecule has 3 heteroatoms. The quantitative estimate of drug-likeness (QED) is 0.801. The van der Waals surface area contributed by atoms with Crippen LogP contribution in [-0.2, 0) is 0 Å². The van der Waals surface area contributed by atoms with Crippen molar-refractivity contribution in [3.05, 3.63) is 29.3 Å². The minimum Gasteiger partial charge on any atom is -0.488 e. The number of hydrogen-bond acceptors (Lipinski definition) is 3. The fourth-order valence-corrected chi connectivity index (χ4v) is 2.62. The van der Waals surface area contributed by atoms with Crippen molar-refractivity contribution in [2.24, 2.45) is 0 Å². The Morgan fingerprint density at radius 1 is 1.50 bits per heavy atom. The number of aromatic nitrogens is 1. The summed E-state index contributed by atoms with van der Waals surface area (Å²) in [6.07, 6.45) is 4.56. The van der Waals surface area contributed by atoms with Crippen LogP contribution in [0.1, 0.15) is 23.4 Å². The number of aryl methyl sites for hydroxylation is 1. The zero-order valence-corrected chi connectivity index (χ0v) is 10.0. The van der Waals surface area contributed by atoms with Crippen molar-refractivity contribution in [1.29, 1.82) is 0 Å². The first-order valence-electron chi connectivity index (χ1n) is 5.46. The van der Waals surface area contributed by atoms with Gasteiger partial charge in [-0.05, 0) is 43.5 Å². The summed E-state index contributed by atoms with van der Waals surface area (Å²) >= 11 is 1.66. The monoisotopic (exact) mass is 231 g/mol. The molecule has 0 radical (unpaired) electrons. The smallest absolute Gasteiger partial charge is 0.147 e. The largest absolute Gasteiger partial charge is 0.488 e. The summed E-state index contributed by atoms with van der Waals surface area (Å²) in [5.41, 5.74) is 2.21. The topological polar surface area (TPSA) is 22.1 Å². The van der Waals surface area contributed by atoms with Gasteiger partial charge in [0.25, 0.3) is 0 Å². The van der Waals surface area contributed by atoms with Gasteiger partial charge in [-0.15, -0.1) is 11.3 Å². The lowest BCUT2D eigenvalue weighted by Crippen LogP contribution is -1.96. The maximum Gasteiger partial charge on any atom is 0.147 e. The molecule has 82 valence electrons. The lowest BCUT2D eigenvalue weighted by molar-refractivity contribution is 0.306. The SMILES string of the molecule is C=Cc1nc2c(OC3CC3)cc(C)cc2s1. The van der Waals surface area contributed by atoms with Crippen LogP contribution in [0, 0.1) is 6.92 Å². The van der Waals surface area contributed by atoms with Crippen molar-refractivity contribution in [2.45, 2.75) is 25.9 Å². The Labute approximate surface area is 98.6 Å². The molecule has 0 amide bonds. The molecule has 1 fully saturated rings. The standard InChI is InChI=1S/C13H13NOS/c1-3-12-14-13-10(15-9-4-5-9)6-8(2)7-11(13)16-12/h3,6-7,9H,1,4-5H2,2H3. The number of ether oxygens (including phenoxy) is 1. The molecule has 1 heterocycles. The lowest BCUT2D eigenvalue weighted by atomic mass is 10.2. The maximum absolute atomic E-state index is 5.89. The highest BCUT2D eigenvalue weighted by molar-refractivity contribution is 7.19. The second-order valence-corrected chi connectivity index (χ2v) is 5.25. The Hall–Kier alpha value is -1.35. The summed E-state index contributed by atoms with van der Waals surface area (Å²) in [4.78, 5) is 4.53. The van der Waals surface area contributed by atoms with Gasteiger partial charge in [-0.1, -0.05) is 6.58 Å². The Morgan fingerprint density at radius 3 is 3.00 bits per heavy atom. The van der Waals surface area contributed by atoms with Gasteiger partial charge in [-0.2, -0.15) is 0 Å². The zero-order valence-electron chi connectivity index (χ0n) is 9.19. The van der Waals surface area contributed by atoms with Crippen LogP contribution in [0.25, 0.3) is 16.3 Å². The molecule has 2 nitrogen and oxygen atoms in total. The predicted molar refractivity (Wildman–Crippen MR) is 68.1 cm³/mol. The van der Waals surface area contributed by atoms with Gasteiger partial charge in [0.15, 0.2) is 0 Å². The van der Waals surface area contributed by atoms with E-state index in [-0.39, 0.29) is 0 Å². The second kappa shape index (κ2) is 3.59. The number of fused-ring (bicyclic) bond motifs is 1. The van der Waals surface area contributed by atoms with Crippen molar-refractivity contribution >= 4 is 27.6 Å². The fourth-order valence-electron chi connectivity index (χ4n) is 1.69. The zero-order chi connectivity index (χ0) is 11.1. The molecule has 1 aliphatic rings. The number of hydrogen-bond donors (Lipinski definition) is 0. The molecule has 1 aliphatic carbocycles. The molecule has 0 atom stereocenters. The van der Waals surface area contributed by atoms with Gasteiger partial charge in [-0.25, -0.2) is 4.98 Å². The second-order valence-electron chi connectivity index (χ2n) is 4.18. The van der Waals surface area contributed by atoms with Crippen LogP contribution in [0.3, 0.4) is 0 Å². The molecule has 2 aromatic rings. The van der Waals surface area contributed by atoms with Crippen LogP contribution in [0.15, 0.2) is 18.7 Å². The van der Waals surface area contributed by atoms with Gasteiger partial charge in [0.2, 0.25) is 0 Å². The molecule has 0 saturated heterocycles. The first kappa shape index (κ1) is 9.85. The van der Waals surface area contributed by atoms with Crippen molar-refractivity contribution < 1.29 is 4.74 Å². The van der Waals surface area contributed by atoms with Crippen LogP contribution < -0.4 is 4.74 Å². The van der Waals surface area contributed by atoms with E-state index in [0.717, 1.165) is 16.3 Å². The summed E-state index contributed by atoms with van der Waals surface area (Å²) in [5, 5.41) is 0.959. The van der Waals surface area contributed by atoms with E-state index in [1.54, 1.807) is 17.4 Å². The number of benzene rings is 1. The van der Waals surface area contributed by atoms with Crippen LogP contribution in [0.4, 0.5) is 0 Å². The Balaban J connectivity index is 2.15. The minimum absolute atomic E-state index is 0.416. The van der Waals surface area contributed by atoms with Gasteiger partial charge >= 0.3 is 0 Å². The fraction of sp³-hybridized carbons (Fsp3) is 0.308. The van der Waals surface area contributed by atoms with Gasteiger partial charge < -0.3 is 4.74 Å². The van der Waals surface area contributed by atoms with E-state index < -0.39 is 0 Å². The molecule has 0 aliphatic heterocycles. The lowest BCUT2D eigenvalue weighted by Gasteiger charge is -2.05. The molecule has 0 spiro atoms. The highest BCUT2D eigenvalue weighted by atomic mass is 32.1. The van der Waals surface area contributed by atoms with Crippen molar-refractivity contribution in [1.82, 2.24) is 4.98 Å². The molecule has 0 bridgehead atoms. The van der Waals surface area contributed by atoms with E-state index in [1.165, 1.54) is 23.1 Å². The van der Waals surface area contributed by atoms with Crippen LogP contribution in [0.2, 0.25) is 0 Å². The van der Waals surface area contributed by atoms with Gasteiger partial charge in [-0.3, -0.25) is 0 Å². The molecular weight excluding hydrogens is 218 g/mol. The van der Waals surface area contributed by atoms with E-state index in [0.29, 0.717) is 6.10 Å². The molecule has 0 unspecified atom stereocenters. The number of rotatable bonds is 3. The Morgan fingerprint density at radius 2 is 2.31 bits per heavy atom. The van der Waals surface area contributed by atoms with Crippen molar-refractivity contribution in [2.75, 3.05) is 0 Å². The number of thiazole rings is 1. The van der Waals surface area contributed by atoms with Gasteiger partial charge in [0.05, 0.1) is 10.8 Å². The van der Waals surface area contributed by atoms with E-state index >= 15 is 0 Å². The summed E-state index contributed by atoms with van der Waals surface area (Å²) in [7, 11) is 0. The molecular formula is C13H13NOS. The molecule has 1 aromatic heterocycles. The summed E-state index contributed by atoms with van der Waals surface area (Å²) in [6, 6.07) is 4.23. The third-order valence-corrected chi connectivity index (χ3v) is 3.61. The maximum atomic E-state index is 5.89. The van der Waals surface area contributed by atoms with Crippen LogP contribution >= 0.6 is 11.3 Å². The normalized spacial score (nSPS) is 15.3. The third-order valence-electron chi connectivity index (χ3n) is 2.61. The van der Waals surface area contributed by atoms with Crippen LogP contribution in [0.5, 0.6) is 5.75 Å². The Kier molecular flexibility index (Phi) is 2.21. The highest BCUT2D eigenvalue weighted by Crippen LogP contribution is 2.35. The number of nitrogens with zero attached hydrogens (tertiary/aromatic N) is 1. The average Bonchev–Trinajstić information content (AvgIpc) is 2.95. The minimum atomic E-state index is 0.416. The van der Waals surface area contributed by atoms with E-state index in [4.69, 9.17) is 4.74 Å². The van der Waals surface area contributed by atoms with E-state index in [1.807, 2.05) is 0 Å². The first-order chi connectivity index (χ1) is 7.76. The average molecular weight is 231 g/mol. The highest BCUT2D eigenvalue weighted by Gasteiger charge is 2.25. The third kappa shape index (κ3) is 1.71. The van der Waals surface area contributed by atoms with Crippen molar-refractivity contribution in [3.63, 3.8) is 0 Å². The molecule has 16 heavy (non-hydrogen) atoms. The van der Waals surface area contributed by atoms with E-state index in [2.05, 4.69) is 30.6 Å². The summed E-state index contributed by atoms with van der Waals surface area (Å²) in [5.74, 6) is 0.932. The first-order valence-corrected chi connectivity index (χ1v) is 6.28. The molecule has 3 rings (SSSR count). The molecule has 1 aromatic carbocycles. The Bertz CT molecular complexity index is 554. The molecule has 1 saturated carbocycles. The van der Waals surface area contributed by atoms with Gasteiger partial charge in [0.1, 0.15) is 16.3 Å². The molecule has 0 N–H and O–H groups in total.